The van der Waals surface area contributed by atoms with Gasteiger partial charge in [0.15, 0.2) is 0 Å². The summed E-state index contributed by atoms with van der Waals surface area (Å²) in [6, 6.07) is 10.5. The van der Waals surface area contributed by atoms with Gasteiger partial charge in [-0.2, -0.15) is 4.31 Å². The summed E-state index contributed by atoms with van der Waals surface area (Å²) in [6.45, 7) is 4.15. The minimum Gasteiger partial charge on any atom is -0.379 e. The first kappa shape index (κ1) is 21.5. The molecule has 4 rings (SSSR count). The molecule has 0 bridgehead atoms. The maximum absolute atomic E-state index is 12.7. The third kappa shape index (κ3) is 4.76. The Morgan fingerprint density at radius 2 is 1.77 bits per heavy atom. The number of hydrogen-bond donors (Lipinski definition) is 1. The number of hydrogen-bond acceptors (Lipinski definition) is 6. The summed E-state index contributed by atoms with van der Waals surface area (Å²) in [4.78, 5) is 16.6. The van der Waals surface area contributed by atoms with Crippen LogP contribution in [0, 0.1) is 0 Å². The van der Waals surface area contributed by atoms with E-state index in [9.17, 15) is 13.2 Å². The lowest BCUT2D eigenvalue weighted by atomic mass is 10.2. The Bertz CT molecular complexity index is 933. The van der Waals surface area contributed by atoms with Gasteiger partial charge in [-0.3, -0.25) is 9.69 Å². The van der Waals surface area contributed by atoms with Crippen LogP contribution in [0.2, 0.25) is 0 Å². The molecule has 0 aliphatic carbocycles. The number of ether oxygens (including phenoxy) is 1. The van der Waals surface area contributed by atoms with Crippen LogP contribution >= 0.6 is 11.3 Å². The van der Waals surface area contributed by atoms with Crippen molar-refractivity contribution in [1.82, 2.24) is 14.5 Å². The Morgan fingerprint density at radius 1 is 1.07 bits per heavy atom. The number of thiophene rings is 1. The molecule has 3 heterocycles. The lowest BCUT2D eigenvalue weighted by Crippen LogP contribution is -2.40. The number of nitrogens with one attached hydrogen (secondary N) is 1. The van der Waals surface area contributed by atoms with E-state index in [4.69, 9.17) is 4.74 Å². The number of amides is 1. The van der Waals surface area contributed by atoms with Crippen LogP contribution in [0.5, 0.6) is 0 Å². The van der Waals surface area contributed by atoms with Gasteiger partial charge in [0.1, 0.15) is 0 Å². The van der Waals surface area contributed by atoms with E-state index >= 15 is 0 Å². The maximum Gasteiger partial charge on any atom is 0.251 e. The van der Waals surface area contributed by atoms with Crippen LogP contribution < -0.4 is 5.32 Å². The van der Waals surface area contributed by atoms with Gasteiger partial charge in [0.25, 0.3) is 5.91 Å². The van der Waals surface area contributed by atoms with Crippen molar-refractivity contribution in [1.29, 1.82) is 0 Å². The summed E-state index contributed by atoms with van der Waals surface area (Å²) in [5.74, 6) is -0.189. The smallest absolute Gasteiger partial charge is 0.251 e. The van der Waals surface area contributed by atoms with Gasteiger partial charge in [-0.05, 0) is 61.6 Å². The molecule has 0 radical (unpaired) electrons. The third-order valence-corrected chi connectivity index (χ3v) is 8.52. The summed E-state index contributed by atoms with van der Waals surface area (Å²) >= 11 is 1.71. The molecule has 2 aliphatic rings. The van der Waals surface area contributed by atoms with E-state index in [0.29, 0.717) is 38.4 Å². The normalized spacial score (nSPS) is 19.6. The minimum absolute atomic E-state index is 0.178. The van der Waals surface area contributed by atoms with Crippen LogP contribution in [0.15, 0.2) is 46.7 Å². The van der Waals surface area contributed by atoms with Crippen molar-refractivity contribution in [3.63, 3.8) is 0 Å². The lowest BCUT2D eigenvalue weighted by Gasteiger charge is -2.27. The second kappa shape index (κ2) is 9.57. The fourth-order valence-electron chi connectivity index (χ4n) is 3.95. The van der Waals surface area contributed by atoms with Crippen LogP contribution in [0.25, 0.3) is 0 Å². The largest absolute Gasteiger partial charge is 0.379 e. The highest BCUT2D eigenvalue weighted by Crippen LogP contribution is 2.28. The molecule has 1 atom stereocenters. The van der Waals surface area contributed by atoms with Gasteiger partial charge in [-0.15, -0.1) is 11.3 Å². The molecule has 0 saturated carbocycles. The molecule has 1 N–H and O–H groups in total. The monoisotopic (exact) mass is 449 g/mol. The molecule has 2 aromatic rings. The first-order chi connectivity index (χ1) is 14.6. The molecule has 9 heteroatoms. The van der Waals surface area contributed by atoms with E-state index in [1.54, 1.807) is 23.5 Å². The molecule has 1 unspecified atom stereocenters. The molecular formula is C21H27N3O4S2. The number of sulfonamides is 1. The molecule has 1 amide bonds. The molecule has 7 nitrogen and oxygen atoms in total. The molecule has 1 aromatic carbocycles. The van der Waals surface area contributed by atoms with Crippen molar-refractivity contribution in [2.24, 2.45) is 0 Å². The quantitative estimate of drug-likeness (QED) is 0.702. The van der Waals surface area contributed by atoms with E-state index < -0.39 is 10.0 Å². The molecule has 2 fully saturated rings. The Hall–Kier alpha value is -1.78. The van der Waals surface area contributed by atoms with Gasteiger partial charge in [-0.1, -0.05) is 6.07 Å². The van der Waals surface area contributed by atoms with Gasteiger partial charge in [0.05, 0.1) is 24.2 Å². The van der Waals surface area contributed by atoms with Gasteiger partial charge in [0.2, 0.25) is 10.0 Å². The van der Waals surface area contributed by atoms with Gasteiger partial charge >= 0.3 is 0 Å². The number of benzene rings is 1. The fourth-order valence-corrected chi connectivity index (χ4v) is 6.22. The number of rotatable bonds is 7. The van der Waals surface area contributed by atoms with E-state index in [1.807, 2.05) is 6.07 Å². The van der Waals surface area contributed by atoms with Crippen molar-refractivity contribution in [3.8, 4) is 0 Å². The molecule has 0 spiro atoms. The fraction of sp³-hybridized carbons (Fsp3) is 0.476. The van der Waals surface area contributed by atoms with Crippen LogP contribution in [0.4, 0.5) is 0 Å². The summed E-state index contributed by atoms with van der Waals surface area (Å²) in [7, 11) is -3.55. The zero-order valence-electron chi connectivity index (χ0n) is 16.8. The number of morpholine rings is 1. The van der Waals surface area contributed by atoms with E-state index in [-0.39, 0.29) is 16.8 Å². The van der Waals surface area contributed by atoms with Crippen molar-refractivity contribution in [2.45, 2.75) is 23.8 Å². The SMILES string of the molecule is O=C(NCC(c1cccs1)N1CCCC1)c1ccc(S(=O)(=O)N2CCOCC2)cc1. The van der Waals surface area contributed by atoms with Crippen LogP contribution in [-0.4, -0.2) is 69.5 Å². The van der Waals surface area contributed by atoms with Crippen LogP contribution in [0.1, 0.15) is 34.1 Å². The maximum atomic E-state index is 12.7. The van der Waals surface area contributed by atoms with Crippen LogP contribution in [0.3, 0.4) is 0 Å². The minimum atomic E-state index is -3.55. The van der Waals surface area contributed by atoms with E-state index in [0.717, 1.165) is 13.1 Å². The van der Waals surface area contributed by atoms with Crippen molar-refractivity contribution in [2.75, 3.05) is 45.9 Å². The Balaban J connectivity index is 1.41. The average Bonchev–Trinajstić information content (AvgIpc) is 3.50. The molecule has 2 aliphatic heterocycles. The number of nitrogens with zero attached hydrogens (tertiary/aromatic N) is 2. The summed E-state index contributed by atoms with van der Waals surface area (Å²) in [5, 5.41) is 5.10. The highest BCUT2D eigenvalue weighted by atomic mass is 32.2. The Labute approximate surface area is 181 Å². The predicted octanol–water partition coefficient (Wildman–Crippen LogP) is 2.34. The summed E-state index contributed by atoms with van der Waals surface area (Å²) < 4.78 is 32.1. The molecule has 1 aromatic heterocycles. The number of carbonyl (C=O) groups excluding carboxylic acids is 1. The van der Waals surface area contributed by atoms with Gasteiger partial charge < -0.3 is 10.1 Å². The first-order valence-corrected chi connectivity index (χ1v) is 12.6. The zero-order chi connectivity index (χ0) is 21.0. The molecule has 2 saturated heterocycles. The number of likely N-dealkylation sites (tertiary alicyclic amines) is 1. The zero-order valence-corrected chi connectivity index (χ0v) is 18.5. The Morgan fingerprint density at radius 3 is 2.40 bits per heavy atom. The van der Waals surface area contributed by atoms with Gasteiger partial charge in [-0.25, -0.2) is 8.42 Å². The lowest BCUT2D eigenvalue weighted by molar-refractivity contribution is 0.0730. The topological polar surface area (TPSA) is 79.0 Å². The molecule has 162 valence electrons. The molecular weight excluding hydrogens is 422 g/mol. The standard InChI is InChI=1S/C21H27N3O4S2/c25-21(22-16-19(20-4-3-15-29-20)23-9-1-2-10-23)17-5-7-18(8-6-17)30(26,27)24-11-13-28-14-12-24/h3-8,15,19H,1-2,9-14,16H2,(H,22,25). The van der Waals surface area contributed by atoms with Crippen molar-refractivity contribution < 1.29 is 17.9 Å². The van der Waals surface area contributed by atoms with Crippen molar-refractivity contribution in [3.05, 3.63) is 52.2 Å². The first-order valence-electron chi connectivity index (χ1n) is 10.3. The van der Waals surface area contributed by atoms with E-state index in [1.165, 1.54) is 34.2 Å². The summed E-state index contributed by atoms with van der Waals surface area (Å²) in [5.41, 5.74) is 0.460. The summed E-state index contributed by atoms with van der Waals surface area (Å²) in [6.07, 6.45) is 2.38. The highest BCUT2D eigenvalue weighted by Gasteiger charge is 2.27. The third-order valence-electron chi connectivity index (χ3n) is 5.63. The average molecular weight is 450 g/mol. The predicted molar refractivity (Wildman–Crippen MR) is 116 cm³/mol. The van der Waals surface area contributed by atoms with E-state index in [2.05, 4.69) is 21.7 Å². The van der Waals surface area contributed by atoms with Crippen LogP contribution in [-0.2, 0) is 14.8 Å². The highest BCUT2D eigenvalue weighted by molar-refractivity contribution is 7.89. The second-order valence-corrected chi connectivity index (χ2v) is 10.4. The second-order valence-electron chi connectivity index (χ2n) is 7.53. The van der Waals surface area contributed by atoms with Crippen molar-refractivity contribution >= 4 is 27.3 Å². The number of carbonyl (C=O) groups is 1. The molecule has 30 heavy (non-hydrogen) atoms. The van der Waals surface area contributed by atoms with Gasteiger partial charge in [0, 0.05) is 30.1 Å². The Kier molecular flexibility index (Phi) is 6.84.